The highest BCUT2D eigenvalue weighted by Crippen LogP contribution is 2.31. The topological polar surface area (TPSA) is 287 Å². The Morgan fingerprint density at radius 1 is 0.775 bits per heavy atom. The molecule has 0 radical (unpaired) electrons. The van der Waals surface area contributed by atoms with Gasteiger partial charge in [0.2, 0.25) is 11.9 Å². The third-order valence-electron chi connectivity index (χ3n) is 6.23. The molecule has 4 aromatic heterocycles. The lowest BCUT2D eigenvalue weighted by atomic mass is 10.2. The quantitative estimate of drug-likeness (QED) is 0.114. The number of nitrogens with two attached hydrogens (primary N) is 2. The van der Waals surface area contributed by atoms with Gasteiger partial charge in [-0.15, -0.1) is 0 Å². The van der Waals surface area contributed by atoms with Gasteiger partial charge >= 0.3 is 9.75 Å². The molecule has 6 heterocycles. The molecule has 2 aliphatic rings. The number of anilines is 2. The molecule has 0 amide bonds. The number of hydrogen-bond acceptors (Lipinski definition) is 16. The molecule has 2 fully saturated rings. The maximum absolute atomic E-state index is 12.0. The van der Waals surface area contributed by atoms with Gasteiger partial charge in [0, 0.05) is 12.8 Å². The van der Waals surface area contributed by atoms with Gasteiger partial charge in [-0.2, -0.15) is 9.97 Å². The van der Waals surface area contributed by atoms with E-state index in [0.29, 0.717) is 22.7 Å². The number of aliphatic hydroxyl groups excluding tert-OH is 4. The number of rotatable bonds is 4. The second-order valence-electron chi connectivity index (χ2n) is 8.95. The van der Waals surface area contributed by atoms with E-state index in [4.69, 9.17) is 31.2 Å². The molecule has 216 valence electrons. The summed E-state index contributed by atoms with van der Waals surface area (Å²) >= 11 is 1.41. The summed E-state index contributed by atoms with van der Waals surface area (Å²) in [6.45, 7) is -0.527. The minimum absolute atomic E-state index is 0.0730. The van der Waals surface area contributed by atoms with Gasteiger partial charge in [-0.1, -0.05) is 22.7 Å². The first-order valence-corrected chi connectivity index (χ1v) is 13.4. The Hall–Kier alpha value is -3.50. The van der Waals surface area contributed by atoms with E-state index >= 15 is 0 Å². The minimum atomic E-state index is -0.984. The number of nitrogens with one attached hydrogen (secondary N) is 2. The van der Waals surface area contributed by atoms with Gasteiger partial charge in [-0.3, -0.25) is 38.3 Å². The van der Waals surface area contributed by atoms with Gasteiger partial charge in [0.25, 0.3) is 11.1 Å². The molecule has 18 nitrogen and oxygen atoms in total. The van der Waals surface area contributed by atoms with Crippen molar-refractivity contribution in [2.75, 3.05) is 24.7 Å². The average Bonchev–Trinajstić information content (AvgIpc) is 3.62. The van der Waals surface area contributed by atoms with Crippen LogP contribution in [-0.2, 0) is 9.47 Å². The summed E-state index contributed by atoms with van der Waals surface area (Å²) in [6, 6.07) is 0. The molecule has 0 bridgehead atoms. The number of nitrogens with zero attached hydrogens (tertiary/aromatic N) is 4. The van der Waals surface area contributed by atoms with Crippen molar-refractivity contribution in [2.24, 2.45) is 0 Å². The predicted molar refractivity (Wildman–Crippen MR) is 141 cm³/mol. The molecular formula is C20H24N8O10S2. The van der Waals surface area contributed by atoms with Crippen molar-refractivity contribution in [1.82, 2.24) is 29.1 Å². The van der Waals surface area contributed by atoms with Crippen molar-refractivity contribution in [3.8, 4) is 0 Å². The van der Waals surface area contributed by atoms with Crippen molar-refractivity contribution < 1.29 is 29.9 Å². The van der Waals surface area contributed by atoms with Crippen LogP contribution in [-0.4, -0.2) is 87.1 Å². The first-order chi connectivity index (χ1) is 19.0. The number of nitrogen functional groups attached to an aromatic ring is 2. The van der Waals surface area contributed by atoms with Gasteiger partial charge in [0.15, 0.2) is 23.8 Å². The fourth-order valence-corrected chi connectivity index (χ4v) is 6.18. The molecule has 2 aliphatic heterocycles. The standard InChI is InChI=1S/2C10H12N4O5S/c2*11-9-12-6-5(7(17)13-9)20-10(18)14(6)8-4(16)1-3(2-15)19-8/h2*3-4,8,15-16H,1-2H2,(H3,11,12,13,17)/t2*3-,4+,8+/m00/s1. The van der Waals surface area contributed by atoms with E-state index in [2.05, 4.69) is 19.9 Å². The van der Waals surface area contributed by atoms with E-state index in [0.717, 1.165) is 9.13 Å². The van der Waals surface area contributed by atoms with Crippen LogP contribution < -0.4 is 32.3 Å². The number of fused-ring (bicyclic) bond motifs is 2. The Morgan fingerprint density at radius 2 is 1.15 bits per heavy atom. The average molecular weight is 601 g/mol. The molecule has 0 aromatic carbocycles. The molecule has 0 aliphatic carbocycles. The molecule has 2 saturated heterocycles. The fourth-order valence-electron chi connectivity index (χ4n) is 4.50. The number of aromatic nitrogens is 6. The summed E-state index contributed by atoms with van der Waals surface area (Å²) in [5, 5.41) is 38.0. The van der Waals surface area contributed by atoms with Crippen molar-refractivity contribution in [3.63, 3.8) is 0 Å². The summed E-state index contributed by atoms with van der Waals surface area (Å²) in [5.41, 5.74) is 10.1. The van der Waals surface area contributed by atoms with Crippen molar-refractivity contribution >= 4 is 55.3 Å². The zero-order valence-corrected chi connectivity index (χ0v) is 21.9. The van der Waals surface area contributed by atoms with E-state index in [1.165, 1.54) is 0 Å². The van der Waals surface area contributed by atoms with Crippen LogP contribution in [0.2, 0.25) is 0 Å². The molecule has 40 heavy (non-hydrogen) atoms. The number of ether oxygens (including phenoxy) is 2. The van der Waals surface area contributed by atoms with Crippen molar-refractivity contribution in [1.29, 1.82) is 0 Å². The maximum atomic E-state index is 12.0. The zero-order valence-electron chi connectivity index (χ0n) is 20.3. The van der Waals surface area contributed by atoms with Crippen LogP contribution in [0.25, 0.3) is 20.7 Å². The number of aliphatic hydroxyl groups is 4. The second kappa shape index (κ2) is 10.8. The smallest absolute Gasteiger partial charge is 0.311 e. The normalized spacial score (nSPS) is 26.4. The van der Waals surface area contributed by atoms with Crippen LogP contribution >= 0.6 is 22.7 Å². The highest BCUT2D eigenvalue weighted by atomic mass is 32.1. The largest absolute Gasteiger partial charge is 0.394 e. The van der Waals surface area contributed by atoms with Crippen LogP contribution in [0.15, 0.2) is 19.2 Å². The monoisotopic (exact) mass is 600 g/mol. The number of aromatic amines is 2. The summed E-state index contributed by atoms with van der Waals surface area (Å²) in [4.78, 5) is 59.0. The minimum Gasteiger partial charge on any atom is -0.394 e. The van der Waals surface area contributed by atoms with Crippen LogP contribution in [0.5, 0.6) is 0 Å². The van der Waals surface area contributed by atoms with E-state index in [1.54, 1.807) is 0 Å². The van der Waals surface area contributed by atoms with Crippen LogP contribution in [0.1, 0.15) is 25.3 Å². The third-order valence-corrected chi connectivity index (χ3v) is 8.12. The van der Waals surface area contributed by atoms with Gasteiger partial charge in [-0.05, 0) is 0 Å². The zero-order chi connectivity index (χ0) is 28.9. The Bertz CT molecular complexity index is 1660. The third kappa shape index (κ3) is 4.94. The molecule has 0 unspecified atom stereocenters. The van der Waals surface area contributed by atoms with E-state index < -0.39 is 57.7 Å². The second-order valence-corrected chi connectivity index (χ2v) is 10.9. The Labute approximate surface area is 228 Å². The SMILES string of the molecule is Nc1nc2c(sc(=O)n2[C@@H]2O[C@H](CO)C[C@H]2O)c(=O)[nH]1.Nc1nc2c(sc(=O)n2[C@@H]2O[C@H](CO)C[C@H]2O)c(=O)[nH]1. The molecule has 10 N–H and O–H groups in total. The molecule has 4 aromatic rings. The Kier molecular flexibility index (Phi) is 7.58. The molecule has 6 atom stereocenters. The summed E-state index contributed by atoms with van der Waals surface area (Å²) in [5.74, 6) is -0.250. The highest BCUT2D eigenvalue weighted by Gasteiger charge is 2.38. The van der Waals surface area contributed by atoms with Gasteiger partial charge < -0.3 is 41.4 Å². The van der Waals surface area contributed by atoms with E-state index in [-0.39, 0.29) is 58.6 Å². The molecule has 6 rings (SSSR count). The predicted octanol–water partition coefficient (Wildman–Crippen LogP) is -3.26. The fraction of sp³-hybridized carbons (Fsp3) is 0.500. The molecular weight excluding hydrogens is 576 g/mol. The van der Waals surface area contributed by atoms with Crippen LogP contribution in [0.4, 0.5) is 11.9 Å². The first kappa shape index (κ1) is 28.0. The van der Waals surface area contributed by atoms with Gasteiger partial charge in [0.1, 0.15) is 21.6 Å². The Morgan fingerprint density at radius 3 is 1.48 bits per heavy atom. The molecule has 20 heteroatoms. The highest BCUT2D eigenvalue weighted by molar-refractivity contribution is 7.16. The number of H-pyrrole nitrogens is 2. The van der Waals surface area contributed by atoms with Crippen LogP contribution in [0, 0.1) is 0 Å². The van der Waals surface area contributed by atoms with Gasteiger partial charge in [-0.25, -0.2) is 0 Å². The Balaban J connectivity index is 0.000000161. The number of hydrogen-bond donors (Lipinski definition) is 8. The lowest BCUT2D eigenvalue weighted by Gasteiger charge is -2.15. The van der Waals surface area contributed by atoms with Crippen molar-refractivity contribution in [2.45, 2.75) is 49.7 Å². The van der Waals surface area contributed by atoms with Crippen molar-refractivity contribution in [3.05, 3.63) is 40.0 Å². The van der Waals surface area contributed by atoms with E-state index in [9.17, 15) is 29.4 Å². The molecule has 0 saturated carbocycles. The molecule has 0 spiro atoms. The lowest BCUT2D eigenvalue weighted by molar-refractivity contribution is -0.0495. The summed E-state index contributed by atoms with van der Waals surface area (Å²) in [6.07, 6.45) is -4.63. The van der Waals surface area contributed by atoms with Crippen LogP contribution in [0.3, 0.4) is 0 Å². The maximum Gasteiger partial charge on any atom is 0.311 e. The summed E-state index contributed by atoms with van der Waals surface area (Å²) in [7, 11) is 0. The first-order valence-electron chi connectivity index (χ1n) is 11.7. The number of thiazole rings is 2. The summed E-state index contributed by atoms with van der Waals surface area (Å²) < 4.78 is 13.3. The van der Waals surface area contributed by atoms with E-state index in [1.807, 2.05) is 0 Å². The lowest BCUT2D eigenvalue weighted by Crippen LogP contribution is -2.27. The van der Waals surface area contributed by atoms with Gasteiger partial charge in [0.05, 0.1) is 25.4 Å².